The van der Waals surface area contributed by atoms with Crippen molar-refractivity contribution in [2.24, 2.45) is 0 Å². The van der Waals surface area contributed by atoms with Gasteiger partial charge in [0.25, 0.3) is 0 Å². The molecule has 0 amide bonds. The van der Waals surface area contributed by atoms with Crippen molar-refractivity contribution in [1.29, 1.82) is 0 Å². The lowest BCUT2D eigenvalue weighted by molar-refractivity contribution is 0.0690. The lowest BCUT2D eigenvalue weighted by atomic mass is 10.3. The van der Waals surface area contributed by atoms with Crippen LogP contribution in [0.5, 0.6) is 0 Å². The molecule has 17 heavy (non-hydrogen) atoms. The molecular weight excluding hydrogens is 216 g/mol. The van der Waals surface area contributed by atoms with E-state index in [0.717, 1.165) is 25.2 Å². The van der Waals surface area contributed by atoms with Gasteiger partial charge in [0.1, 0.15) is 5.82 Å². The van der Waals surface area contributed by atoms with Crippen molar-refractivity contribution < 1.29 is 9.90 Å². The molecule has 1 N–H and O–H groups in total. The van der Waals surface area contributed by atoms with Crippen LogP contribution in [0.15, 0.2) is 18.2 Å². The predicted octanol–water partition coefficient (Wildman–Crippen LogP) is 2.55. The quantitative estimate of drug-likeness (QED) is 0.821. The average Bonchev–Trinajstić information content (AvgIpc) is 3.14. The summed E-state index contributed by atoms with van der Waals surface area (Å²) in [6, 6.07) is 5.78. The van der Waals surface area contributed by atoms with Gasteiger partial charge in [-0.05, 0) is 31.4 Å². The lowest BCUT2D eigenvalue weighted by Gasteiger charge is -2.23. The van der Waals surface area contributed by atoms with Crippen molar-refractivity contribution in [3.63, 3.8) is 0 Å². The third-order valence-electron chi connectivity index (χ3n) is 2.99. The Morgan fingerprint density at radius 1 is 1.53 bits per heavy atom. The zero-order valence-electron chi connectivity index (χ0n) is 10.1. The number of pyridine rings is 1. The van der Waals surface area contributed by atoms with Gasteiger partial charge >= 0.3 is 5.97 Å². The fourth-order valence-corrected chi connectivity index (χ4v) is 1.90. The summed E-state index contributed by atoms with van der Waals surface area (Å²) in [6.45, 7) is 3.13. The molecule has 92 valence electrons. The first-order valence-electron chi connectivity index (χ1n) is 6.19. The Morgan fingerprint density at radius 3 is 2.88 bits per heavy atom. The van der Waals surface area contributed by atoms with Crippen LogP contribution >= 0.6 is 0 Å². The molecule has 0 aliphatic heterocycles. The standard InChI is InChI=1S/C13H18N2O2/c1-2-3-9-15(10-7-8-10)12-6-4-5-11(14-12)13(16)17/h4-6,10H,2-3,7-9H2,1H3,(H,16,17). The number of carbonyl (C=O) groups is 1. The van der Waals surface area contributed by atoms with Crippen molar-refractivity contribution in [1.82, 2.24) is 4.98 Å². The maximum Gasteiger partial charge on any atom is 0.354 e. The molecule has 0 unspecified atom stereocenters. The number of nitrogens with zero attached hydrogens (tertiary/aromatic N) is 2. The van der Waals surface area contributed by atoms with E-state index in [0.29, 0.717) is 6.04 Å². The minimum Gasteiger partial charge on any atom is -0.477 e. The van der Waals surface area contributed by atoms with Gasteiger partial charge in [0.2, 0.25) is 0 Å². The molecular formula is C13H18N2O2. The van der Waals surface area contributed by atoms with Crippen LogP contribution < -0.4 is 4.90 Å². The summed E-state index contributed by atoms with van der Waals surface area (Å²) in [4.78, 5) is 17.4. The van der Waals surface area contributed by atoms with Gasteiger partial charge in [-0.1, -0.05) is 19.4 Å². The van der Waals surface area contributed by atoms with E-state index in [1.165, 1.54) is 18.9 Å². The van der Waals surface area contributed by atoms with Crippen LogP contribution in [-0.4, -0.2) is 28.6 Å². The molecule has 4 heteroatoms. The van der Waals surface area contributed by atoms with Gasteiger partial charge in [0.15, 0.2) is 5.69 Å². The molecule has 1 heterocycles. The van der Waals surface area contributed by atoms with E-state index < -0.39 is 5.97 Å². The maximum atomic E-state index is 10.9. The predicted molar refractivity (Wildman–Crippen MR) is 66.5 cm³/mol. The summed E-state index contributed by atoms with van der Waals surface area (Å²) in [6.07, 6.45) is 4.66. The van der Waals surface area contributed by atoms with Crippen molar-refractivity contribution >= 4 is 11.8 Å². The summed E-state index contributed by atoms with van der Waals surface area (Å²) in [5.74, 6) is -0.154. The summed E-state index contributed by atoms with van der Waals surface area (Å²) >= 11 is 0. The summed E-state index contributed by atoms with van der Waals surface area (Å²) in [5.41, 5.74) is 0.129. The smallest absolute Gasteiger partial charge is 0.354 e. The monoisotopic (exact) mass is 234 g/mol. The first-order valence-corrected chi connectivity index (χ1v) is 6.19. The average molecular weight is 234 g/mol. The van der Waals surface area contributed by atoms with Crippen molar-refractivity contribution in [2.75, 3.05) is 11.4 Å². The summed E-state index contributed by atoms with van der Waals surface area (Å²) in [7, 11) is 0. The molecule has 1 saturated carbocycles. The van der Waals surface area contributed by atoms with E-state index in [9.17, 15) is 4.79 Å². The zero-order chi connectivity index (χ0) is 12.3. The van der Waals surface area contributed by atoms with Gasteiger partial charge in [-0.15, -0.1) is 0 Å². The Labute approximate surface area is 101 Å². The molecule has 0 radical (unpaired) electrons. The first kappa shape index (κ1) is 11.9. The van der Waals surface area contributed by atoms with Gasteiger partial charge in [-0.3, -0.25) is 0 Å². The molecule has 2 rings (SSSR count). The molecule has 0 aromatic carbocycles. The highest BCUT2D eigenvalue weighted by atomic mass is 16.4. The van der Waals surface area contributed by atoms with Crippen molar-refractivity contribution in [2.45, 2.75) is 38.6 Å². The van der Waals surface area contributed by atoms with Gasteiger partial charge in [0.05, 0.1) is 0 Å². The van der Waals surface area contributed by atoms with E-state index >= 15 is 0 Å². The number of carboxylic acids is 1. The van der Waals surface area contributed by atoms with Crippen LogP contribution in [0.1, 0.15) is 43.1 Å². The number of hydrogen-bond acceptors (Lipinski definition) is 3. The Morgan fingerprint density at radius 2 is 2.29 bits per heavy atom. The second kappa shape index (κ2) is 5.17. The van der Waals surface area contributed by atoms with Gasteiger partial charge in [-0.2, -0.15) is 0 Å². The summed E-state index contributed by atoms with van der Waals surface area (Å²) < 4.78 is 0. The fraction of sp³-hybridized carbons (Fsp3) is 0.538. The molecule has 1 fully saturated rings. The second-order valence-corrected chi connectivity index (χ2v) is 4.46. The highest BCUT2D eigenvalue weighted by Gasteiger charge is 2.29. The number of carboxylic acid groups (broad SMARTS) is 1. The van der Waals surface area contributed by atoms with Gasteiger partial charge < -0.3 is 10.0 Å². The maximum absolute atomic E-state index is 10.9. The minimum atomic E-state index is -0.960. The molecule has 0 atom stereocenters. The Balaban J connectivity index is 2.16. The van der Waals surface area contributed by atoms with Crippen LogP contribution in [-0.2, 0) is 0 Å². The normalized spacial score (nSPS) is 14.6. The Bertz CT molecular complexity index is 402. The number of aromatic nitrogens is 1. The fourth-order valence-electron chi connectivity index (χ4n) is 1.90. The second-order valence-electron chi connectivity index (χ2n) is 4.46. The molecule has 0 spiro atoms. The molecule has 1 aromatic heterocycles. The minimum absolute atomic E-state index is 0.129. The largest absolute Gasteiger partial charge is 0.477 e. The number of hydrogen-bond donors (Lipinski definition) is 1. The highest BCUT2D eigenvalue weighted by molar-refractivity contribution is 5.85. The van der Waals surface area contributed by atoms with Gasteiger partial charge in [0, 0.05) is 12.6 Å². The molecule has 0 bridgehead atoms. The number of aromatic carboxylic acids is 1. The van der Waals surface area contributed by atoms with Crippen molar-refractivity contribution in [3.05, 3.63) is 23.9 Å². The molecule has 1 aliphatic carbocycles. The van der Waals surface area contributed by atoms with E-state index in [2.05, 4.69) is 16.8 Å². The third kappa shape index (κ3) is 2.96. The molecule has 0 saturated heterocycles. The lowest BCUT2D eigenvalue weighted by Crippen LogP contribution is -2.28. The van der Waals surface area contributed by atoms with Crippen molar-refractivity contribution in [3.8, 4) is 0 Å². The van der Waals surface area contributed by atoms with E-state index in [1.54, 1.807) is 6.07 Å². The molecule has 4 nitrogen and oxygen atoms in total. The van der Waals surface area contributed by atoms with Crippen LogP contribution in [0.3, 0.4) is 0 Å². The van der Waals surface area contributed by atoms with E-state index in [-0.39, 0.29) is 5.69 Å². The van der Waals surface area contributed by atoms with E-state index in [4.69, 9.17) is 5.11 Å². The van der Waals surface area contributed by atoms with Crippen LogP contribution in [0.4, 0.5) is 5.82 Å². The first-order chi connectivity index (χ1) is 8.22. The topological polar surface area (TPSA) is 53.4 Å². The van der Waals surface area contributed by atoms with Crippen LogP contribution in [0, 0.1) is 0 Å². The third-order valence-corrected chi connectivity index (χ3v) is 2.99. The SMILES string of the molecule is CCCCN(c1cccc(C(=O)O)n1)C1CC1. The number of rotatable bonds is 6. The highest BCUT2D eigenvalue weighted by Crippen LogP contribution is 2.30. The summed E-state index contributed by atoms with van der Waals surface area (Å²) in [5, 5.41) is 8.94. The molecule has 1 aliphatic rings. The van der Waals surface area contributed by atoms with Gasteiger partial charge in [-0.25, -0.2) is 9.78 Å². The number of anilines is 1. The van der Waals surface area contributed by atoms with Crippen LogP contribution in [0.2, 0.25) is 0 Å². The van der Waals surface area contributed by atoms with E-state index in [1.807, 2.05) is 6.07 Å². The Hall–Kier alpha value is -1.58. The molecule has 1 aromatic rings. The number of unbranched alkanes of at least 4 members (excludes halogenated alkanes) is 1. The van der Waals surface area contributed by atoms with Crippen LogP contribution in [0.25, 0.3) is 0 Å². The Kier molecular flexibility index (Phi) is 3.61. The zero-order valence-corrected chi connectivity index (χ0v) is 10.1.